The Hall–Kier alpha value is -3.13. The fourth-order valence-electron chi connectivity index (χ4n) is 2.95. The van der Waals surface area contributed by atoms with Crippen LogP contribution in [0.5, 0.6) is 5.75 Å². The molecule has 1 aromatic heterocycles. The first kappa shape index (κ1) is 19.6. The van der Waals surface area contributed by atoms with Gasteiger partial charge in [-0.25, -0.2) is 4.79 Å². The van der Waals surface area contributed by atoms with Gasteiger partial charge in [0.2, 0.25) is 0 Å². The first-order valence-electron chi connectivity index (χ1n) is 8.39. The van der Waals surface area contributed by atoms with Crippen molar-refractivity contribution in [2.45, 2.75) is 32.1 Å². The fraction of sp³-hybridized carbons (Fsp3) is 0.200. The molecule has 0 fully saturated rings. The van der Waals surface area contributed by atoms with Gasteiger partial charge < -0.3 is 13.7 Å². The molecule has 0 saturated carbocycles. The SMILES string of the molecule is Cc1cccc(S(=O)(=O)Oc2ccc3c(C)c(CC(=O)O)c(=O)oc3c2C)c1. The molecule has 0 aliphatic carbocycles. The third kappa shape index (κ3) is 3.63. The normalized spacial score (nSPS) is 11.5. The van der Waals surface area contributed by atoms with E-state index in [0.29, 0.717) is 16.5 Å². The molecular formula is C20H18O7S. The van der Waals surface area contributed by atoms with Gasteiger partial charge in [0.25, 0.3) is 0 Å². The fourth-order valence-corrected chi connectivity index (χ4v) is 4.04. The number of hydrogen-bond acceptors (Lipinski definition) is 6. The summed E-state index contributed by atoms with van der Waals surface area (Å²) in [7, 11) is -4.07. The van der Waals surface area contributed by atoms with E-state index >= 15 is 0 Å². The van der Waals surface area contributed by atoms with Crippen molar-refractivity contribution in [1.82, 2.24) is 0 Å². The van der Waals surface area contributed by atoms with Crippen LogP contribution >= 0.6 is 0 Å². The van der Waals surface area contributed by atoms with E-state index in [9.17, 15) is 18.0 Å². The molecule has 1 N–H and O–H groups in total. The molecule has 0 amide bonds. The van der Waals surface area contributed by atoms with Gasteiger partial charge in [0.05, 0.1) is 12.0 Å². The zero-order chi connectivity index (χ0) is 20.6. The maximum atomic E-state index is 12.6. The standard InChI is InChI=1S/C20H18O7S/c1-11-5-4-6-14(9-11)28(24,25)27-17-8-7-15-12(2)16(10-18(21)22)20(23)26-19(15)13(17)3/h4-9H,10H2,1-3H3,(H,21,22). The van der Waals surface area contributed by atoms with Crippen molar-refractivity contribution in [2.75, 3.05) is 0 Å². The molecule has 0 unspecified atom stereocenters. The van der Waals surface area contributed by atoms with Gasteiger partial charge in [-0.2, -0.15) is 8.42 Å². The number of carboxylic acid groups (broad SMARTS) is 1. The summed E-state index contributed by atoms with van der Waals surface area (Å²) in [6, 6.07) is 9.32. The number of rotatable bonds is 5. The molecule has 0 spiro atoms. The molecule has 0 saturated heterocycles. The van der Waals surface area contributed by atoms with Crippen LogP contribution in [0, 0.1) is 20.8 Å². The molecule has 146 valence electrons. The lowest BCUT2D eigenvalue weighted by Gasteiger charge is -2.13. The van der Waals surface area contributed by atoms with Crippen molar-refractivity contribution in [3.05, 3.63) is 69.1 Å². The molecule has 0 bridgehead atoms. The van der Waals surface area contributed by atoms with Gasteiger partial charge in [0.1, 0.15) is 16.2 Å². The Labute approximate surface area is 161 Å². The van der Waals surface area contributed by atoms with Crippen LogP contribution in [-0.2, 0) is 21.3 Å². The minimum Gasteiger partial charge on any atom is -0.481 e. The van der Waals surface area contributed by atoms with Gasteiger partial charge in [0.15, 0.2) is 0 Å². The van der Waals surface area contributed by atoms with Gasteiger partial charge >= 0.3 is 21.7 Å². The van der Waals surface area contributed by atoms with Crippen LogP contribution in [0.2, 0.25) is 0 Å². The van der Waals surface area contributed by atoms with E-state index < -0.39 is 28.1 Å². The summed E-state index contributed by atoms with van der Waals surface area (Å²) in [6.07, 6.45) is -0.455. The average molecular weight is 402 g/mol. The van der Waals surface area contributed by atoms with Gasteiger partial charge in [-0.15, -0.1) is 0 Å². The van der Waals surface area contributed by atoms with E-state index in [0.717, 1.165) is 5.56 Å². The molecule has 3 aromatic rings. The summed E-state index contributed by atoms with van der Waals surface area (Å²) in [5.41, 5.74) is 1.02. The van der Waals surface area contributed by atoms with Crippen LogP contribution in [0.4, 0.5) is 0 Å². The predicted octanol–water partition coefficient (Wildman–Crippen LogP) is 3.11. The van der Waals surface area contributed by atoms with Crippen molar-refractivity contribution in [2.24, 2.45) is 0 Å². The molecule has 0 aliphatic rings. The largest absolute Gasteiger partial charge is 0.481 e. The van der Waals surface area contributed by atoms with E-state index in [1.807, 2.05) is 0 Å². The highest BCUT2D eigenvalue weighted by Crippen LogP contribution is 2.31. The summed E-state index contributed by atoms with van der Waals surface area (Å²) in [5.74, 6) is -1.11. The second-order valence-corrected chi connectivity index (χ2v) is 8.03. The lowest BCUT2D eigenvalue weighted by molar-refractivity contribution is -0.136. The lowest BCUT2D eigenvalue weighted by atomic mass is 10.0. The molecule has 3 rings (SSSR count). The maximum Gasteiger partial charge on any atom is 0.340 e. The Kier molecular flexibility index (Phi) is 4.99. The van der Waals surface area contributed by atoms with E-state index in [-0.39, 0.29) is 21.8 Å². The molecular weight excluding hydrogens is 384 g/mol. The summed E-state index contributed by atoms with van der Waals surface area (Å²) < 4.78 is 35.7. The highest BCUT2D eigenvalue weighted by Gasteiger charge is 2.21. The Bertz CT molecular complexity index is 1250. The Morgan fingerprint density at radius 1 is 1.11 bits per heavy atom. The molecule has 7 nitrogen and oxygen atoms in total. The van der Waals surface area contributed by atoms with Gasteiger partial charge in [-0.3, -0.25) is 4.79 Å². The Morgan fingerprint density at radius 2 is 1.82 bits per heavy atom. The number of aliphatic carboxylic acids is 1. The quantitative estimate of drug-likeness (QED) is 0.515. The molecule has 0 radical (unpaired) electrons. The number of benzene rings is 2. The minimum atomic E-state index is -4.07. The molecule has 8 heteroatoms. The molecule has 2 aromatic carbocycles. The zero-order valence-corrected chi connectivity index (χ0v) is 16.3. The first-order chi connectivity index (χ1) is 13.1. The second-order valence-electron chi connectivity index (χ2n) is 6.48. The van der Waals surface area contributed by atoms with E-state index in [1.165, 1.54) is 18.2 Å². The first-order valence-corrected chi connectivity index (χ1v) is 9.80. The summed E-state index contributed by atoms with van der Waals surface area (Å²) in [5, 5.41) is 9.50. The third-order valence-corrected chi connectivity index (χ3v) is 5.69. The van der Waals surface area contributed by atoms with Crippen molar-refractivity contribution in [3.63, 3.8) is 0 Å². The highest BCUT2D eigenvalue weighted by molar-refractivity contribution is 7.87. The van der Waals surface area contributed by atoms with Gasteiger partial charge in [-0.1, -0.05) is 12.1 Å². The van der Waals surface area contributed by atoms with Crippen LogP contribution in [0.25, 0.3) is 11.0 Å². The number of aryl methyl sites for hydroxylation is 3. The van der Waals surface area contributed by atoms with Crippen molar-refractivity contribution >= 4 is 27.1 Å². The van der Waals surface area contributed by atoms with Crippen LogP contribution < -0.4 is 9.81 Å². The average Bonchev–Trinajstić information content (AvgIpc) is 2.61. The molecule has 0 aliphatic heterocycles. The van der Waals surface area contributed by atoms with E-state index in [2.05, 4.69) is 0 Å². The van der Waals surface area contributed by atoms with Gasteiger partial charge in [0, 0.05) is 10.9 Å². The van der Waals surface area contributed by atoms with E-state index in [4.69, 9.17) is 13.7 Å². The van der Waals surface area contributed by atoms with Crippen LogP contribution in [0.1, 0.15) is 22.3 Å². The molecule has 28 heavy (non-hydrogen) atoms. The van der Waals surface area contributed by atoms with Gasteiger partial charge in [-0.05, 0) is 56.2 Å². The summed E-state index contributed by atoms with van der Waals surface area (Å²) in [4.78, 5) is 23.2. The minimum absolute atomic E-state index is 0.0152. The molecule has 0 atom stereocenters. The Morgan fingerprint density at radius 3 is 2.46 bits per heavy atom. The number of carboxylic acids is 1. The smallest absolute Gasteiger partial charge is 0.340 e. The highest BCUT2D eigenvalue weighted by atomic mass is 32.2. The van der Waals surface area contributed by atoms with Crippen LogP contribution in [-0.4, -0.2) is 19.5 Å². The van der Waals surface area contributed by atoms with Crippen molar-refractivity contribution in [3.8, 4) is 5.75 Å². The van der Waals surface area contributed by atoms with E-state index in [1.54, 1.807) is 39.0 Å². The predicted molar refractivity (Wildman–Crippen MR) is 102 cm³/mol. The monoisotopic (exact) mass is 402 g/mol. The van der Waals surface area contributed by atoms with Crippen LogP contribution in [0.15, 0.2) is 50.5 Å². The zero-order valence-electron chi connectivity index (χ0n) is 15.5. The number of carbonyl (C=O) groups is 1. The summed E-state index contributed by atoms with van der Waals surface area (Å²) in [6.45, 7) is 4.97. The lowest BCUT2D eigenvalue weighted by Crippen LogP contribution is -2.15. The van der Waals surface area contributed by atoms with Crippen LogP contribution in [0.3, 0.4) is 0 Å². The molecule has 1 heterocycles. The third-order valence-electron chi connectivity index (χ3n) is 4.46. The Balaban J connectivity index is 2.10. The maximum absolute atomic E-state index is 12.6. The number of fused-ring (bicyclic) bond motifs is 1. The summed E-state index contributed by atoms with van der Waals surface area (Å²) >= 11 is 0. The van der Waals surface area contributed by atoms with Crippen molar-refractivity contribution < 1.29 is 26.9 Å². The van der Waals surface area contributed by atoms with Crippen molar-refractivity contribution in [1.29, 1.82) is 0 Å². The topological polar surface area (TPSA) is 111 Å². The number of hydrogen-bond donors (Lipinski definition) is 1. The second kappa shape index (κ2) is 7.12.